The number of aliphatic carboxylic acids is 1. The second-order valence-corrected chi connectivity index (χ2v) is 7.49. The van der Waals surface area contributed by atoms with E-state index in [-0.39, 0.29) is 11.3 Å². The molecule has 0 fully saturated rings. The number of thioether (sulfide) groups is 1. The molecule has 1 aliphatic rings. The molecule has 0 aliphatic heterocycles. The molecular formula is C15H16N2O3S2. The highest BCUT2D eigenvalue weighted by Crippen LogP contribution is 2.35. The van der Waals surface area contributed by atoms with Crippen molar-refractivity contribution in [3.05, 3.63) is 32.9 Å². The smallest absolute Gasteiger partial charge is 0.313 e. The first-order valence-corrected chi connectivity index (χ1v) is 8.81. The molecule has 0 atom stereocenters. The van der Waals surface area contributed by atoms with Gasteiger partial charge in [0.15, 0.2) is 5.16 Å². The second kappa shape index (κ2) is 5.89. The number of carboxylic acid groups (broad SMARTS) is 1. The molecular weight excluding hydrogens is 320 g/mol. The number of hydrogen-bond donors (Lipinski definition) is 1. The summed E-state index contributed by atoms with van der Waals surface area (Å²) in [6, 6.07) is 0. The van der Waals surface area contributed by atoms with Crippen molar-refractivity contribution in [2.24, 2.45) is 0 Å². The Bertz CT molecular complexity index is 835. The van der Waals surface area contributed by atoms with Crippen molar-refractivity contribution in [1.82, 2.24) is 9.55 Å². The van der Waals surface area contributed by atoms with Crippen LogP contribution >= 0.6 is 23.1 Å². The fourth-order valence-corrected chi connectivity index (χ4v) is 4.73. The number of aryl methyl sites for hydroxylation is 2. The van der Waals surface area contributed by atoms with Crippen LogP contribution in [0.25, 0.3) is 10.2 Å². The summed E-state index contributed by atoms with van der Waals surface area (Å²) < 4.78 is 1.56. The predicted molar refractivity (Wildman–Crippen MR) is 89.1 cm³/mol. The van der Waals surface area contributed by atoms with Gasteiger partial charge in [-0.15, -0.1) is 11.3 Å². The average molecular weight is 336 g/mol. The van der Waals surface area contributed by atoms with Crippen molar-refractivity contribution in [1.29, 1.82) is 0 Å². The Kier molecular flexibility index (Phi) is 4.10. The molecule has 0 saturated heterocycles. The van der Waals surface area contributed by atoms with E-state index in [1.54, 1.807) is 15.9 Å². The lowest BCUT2D eigenvalue weighted by atomic mass is 10.2. The van der Waals surface area contributed by atoms with Gasteiger partial charge in [-0.3, -0.25) is 14.2 Å². The monoisotopic (exact) mass is 336 g/mol. The van der Waals surface area contributed by atoms with Gasteiger partial charge in [-0.2, -0.15) is 0 Å². The minimum atomic E-state index is -0.921. The fourth-order valence-electron chi connectivity index (χ4n) is 2.70. The van der Waals surface area contributed by atoms with E-state index in [1.165, 1.54) is 4.88 Å². The summed E-state index contributed by atoms with van der Waals surface area (Å²) in [5, 5.41) is 10.1. The van der Waals surface area contributed by atoms with Crippen molar-refractivity contribution >= 4 is 39.3 Å². The summed E-state index contributed by atoms with van der Waals surface area (Å²) in [4.78, 5) is 30.2. The molecule has 2 aromatic rings. The minimum Gasteiger partial charge on any atom is -0.481 e. The maximum Gasteiger partial charge on any atom is 0.313 e. The molecule has 116 valence electrons. The van der Waals surface area contributed by atoms with Crippen molar-refractivity contribution < 1.29 is 9.90 Å². The lowest BCUT2D eigenvalue weighted by Crippen LogP contribution is -2.24. The van der Waals surface area contributed by atoms with Gasteiger partial charge >= 0.3 is 5.97 Å². The van der Waals surface area contributed by atoms with Crippen LogP contribution in [0.4, 0.5) is 0 Å². The first kappa shape index (κ1) is 15.3. The first-order chi connectivity index (χ1) is 10.5. The van der Waals surface area contributed by atoms with Crippen molar-refractivity contribution in [2.45, 2.75) is 37.9 Å². The molecule has 1 N–H and O–H groups in total. The van der Waals surface area contributed by atoms with E-state index in [9.17, 15) is 9.59 Å². The van der Waals surface area contributed by atoms with Crippen LogP contribution in [-0.4, -0.2) is 26.4 Å². The molecule has 3 rings (SSSR count). The number of allylic oxidation sites excluding steroid dienone is 1. The average Bonchev–Trinajstić information content (AvgIpc) is 2.99. The Morgan fingerprint density at radius 3 is 2.95 bits per heavy atom. The number of nitrogens with zero attached hydrogens (tertiary/aromatic N) is 2. The molecule has 5 nitrogen and oxygen atoms in total. The predicted octanol–water partition coefficient (Wildman–Crippen LogP) is 2.70. The third kappa shape index (κ3) is 2.70. The maximum absolute atomic E-state index is 12.9. The summed E-state index contributed by atoms with van der Waals surface area (Å²) in [6.07, 6.45) is 3.03. The molecule has 0 amide bonds. The van der Waals surface area contributed by atoms with Crippen LogP contribution in [0.2, 0.25) is 0 Å². The number of thiophene rings is 1. The standard InChI is InChI=1S/C15H16N2O3S2/c1-8(2)6-17-14(20)12-9-4-3-5-10(9)22-13(12)16-15(17)21-7-11(18)19/h1,3-7H2,2H3,(H,18,19). The van der Waals surface area contributed by atoms with Gasteiger partial charge in [-0.05, 0) is 31.7 Å². The molecule has 22 heavy (non-hydrogen) atoms. The third-order valence-corrected chi connectivity index (χ3v) is 5.69. The Morgan fingerprint density at radius 2 is 2.27 bits per heavy atom. The molecule has 0 unspecified atom stereocenters. The molecule has 0 radical (unpaired) electrons. The van der Waals surface area contributed by atoms with Crippen LogP contribution in [-0.2, 0) is 24.2 Å². The number of aromatic nitrogens is 2. The first-order valence-electron chi connectivity index (χ1n) is 7.01. The molecule has 2 heterocycles. The van der Waals surface area contributed by atoms with Gasteiger partial charge in [0.25, 0.3) is 5.56 Å². The molecule has 0 aromatic carbocycles. The highest BCUT2D eigenvalue weighted by atomic mass is 32.2. The van der Waals surface area contributed by atoms with Crippen molar-refractivity contribution in [2.75, 3.05) is 5.75 Å². The quantitative estimate of drug-likeness (QED) is 0.516. The molecule has 0 bridgehead atoms. The van der Waals surface area contributed by atoms with Crippen LogP contribution in [0.1, 0.15) is 23.8 Å². The van der Waals surface area contributed by atoms with Gasteiger partial charge < -0.3 is 5.11 Å². The molecule has 7 heteroatoms. The second-order valence-electron chi connectivity index (χ2n) is 5.46. The Labute approximate surface area is 135 Å². The summed E-state index contributed by atoms with van der Waals surface area (Å²) in [6.45, 7) is 6.07. The normalized spacial score (nSPS) is 13.5. The fraction of sp³-hybridized carbons (Fsp3) is 0.400. The Morgan fingerprint density at radius 1 is 1.50 bits per heavy atom. The van der Waals surface area contributed by atoms with Crippen molar-refractivity contribution in [3.63, 3.8) is 0 Å². The summed E-state index contributed by atoms with van der Waals surface area (Å²) in [5.74, 6) is -1.03. The van der Waals surface area contributed by atoms with Crippen molar-refractivity contribution in [3.8, 4) is 0 Å². The zero-order chi connectivity index (χ0) is 15.9. The largest absolute Gasteiger partial charge is 0.481 e. The van der Waals surface area contributed by atoms with Crippen LogP contribution in [0.15, 0.2) is 22.1 Å². The lowest BCUT2D eigenvalue weighted by Gasteiger charge is -2.11. The number of rotatable bonds is 5. The number of fused-ring (bicyclic) bond motifs is 3. The van der Waals surface area contributed by atoms with E-state index in [1.807, 2.05) is 6.92 Å². The highest BCUT2D eigenvalue weighted by molar-refractivity contribution is 7.99. The SMILES string of the molecule is C=C(C)Cn1c(SCC(=O)O)nc2sc3c(c2c1=O)CCC3. The molecule has 0 saturated carbocycles. The van der Waals surface area contributed by atoms with E-state index in [4.69, 9.17) is 5.11 Å². The number of hydrogen-bond acceptors (Lipinski definition) is 5. The van der Waals surface area contributed by atoms with Crippen LogP contribution in [0.3, 0.4) is 0 Å². The topological polar surface area (TPSA) is 72.2 Å². The van der Waals surface area contributed by atoms with E-state index >= 15 is 0 Å². The van der Waals surface area contributed by atoms with Gasteiger partial charge in [0.1, 0.15) is 4.83 Å². The van der Waals surface area contributed by atoms with Crippen LogP contribution in [0.5, 0.6) is 0 Å². The molecule has 1 aliphatic carbocycles. The Hall–Kier alpha value is -1.60. The van der Waals surface area contributed by atoms with E-state index in [2.05, 4.69) is 11.6 Å². The zero-order valence-corrected chi connectivity index (χ0v) is 13.9. The maximum atomic E-state index is 12.9. The van der Waals surface area contributed by atoms with E-state index in [0.29, 0.717) is 11.7 Å². The number of carboxylic acids is 1. The third-order valence-electron chi connectivity index (χ3n) is 3.54. The van der Waals surface area contributed by atoms with Gasteiger partial charge in [0.05, 0.1) is 11.1 Å². The summed E-state index contributed by atoms with van der Waals surface area (Å²) in [7, 11) is 0. The van der Waals surface area contributed by atoms with Gasteiger partial charge in [-0.25, -0.2) is 4.98 Å². The summed E-state index contributed by atoms with van der Waals surface area (Å²) in [5.41, 5.74) is 1.91. The van der Waals surface area contributed by atoms with E-state index in [0.717, 1.165) is 52.4 Å². The molecule has 0 spiro atoms. The van der Waals surface area contributed by atoms with Crippen LogP contribution < -0.4 is 5.56 Å². The number of carbonyl (C=O) groups is 1. The lowest BCUT2D eigenvalue weighted by molar-refractivity contribution is -0.133. The van der Waals surface area contributed by atoms with Gasteiger partial charge in [0.2, 0.25) is 0 Å². The Balaban J connectivity index is 2.18. The minimum absolute atomic E-state index is 0.0692. The highest BCUT2D eigenvalue weighted by Gasteiger charge is 2.23. The van der Waals surface area contributed by atoms with Gasteiger partial charge in [-0.1, -0.05) is 23.9 Å². The zero-order valence-electron chi connectivity index (χ0n) is 12.2. The van der Waals surface area contributed by atoms with Gasteiger partial charge in [0, 0.05) is 11.4 Å². The molecule has 2 aromatic heterocycles. The van der Waals surface area contributed by atoms with Crippen LogP contribution in [0, 0.1) is 0 Å². The summed E-state index contributed by atoms with van der Waals surface area (Å²) >= 11 is 2.65. The van der Waals surface area contributed by atoms with E-state index < -0.39 is 5.97 Å².